The van der Waals surface area contributed by atoms with E-state index >= 15 is 0 Å². The van der Waals surface area contributed by atoms with Crippen LogP contribution in [0.3, 0.4) is 0 Å². The molecule has 0 radical (unpaired) electrons. The predicted molar refractivity (Wildman–Crippen MR) is 180 cm³/mol. The van der Waals surface area contributed by atoms with Crippen molar-refractivity contribution in [3.05, 3.63) is 0 Å². The molecule has 0 bridgehead atoms. The van der Waals surface area contributed by atoms with Gasteiger partial charge in [0.25, 0.3) is 0 Å². The molecule has 3 saturated heterocycles. The number of nitrogens with zero attached hydrogens (tertiary/aromatic N) is 3. The van der Waals surface area contributed by atoms with E-state index in [2.05, 4.69) is 16.7 Å². The molecule has 11 nitrogen and oxygen atoms in total. The maximum absolute atomic E-state index is 14.3. The third kappa shape index (κ3) is 9.14. The van der Waals surface area contributed by atoms with E-state index in [-0.39, 0.29) is 36.4 Å². The Kier molecular flexibility index (Phi) is 13.0. The summed E-state index contributed by atoms with van der Waals surface area (Å²) in [6, 6.07) is -0.604. The van der Waals surface area contributed by atoms with E-state index in [0.717, 1.165) is 38.4 Å². The summed E-state index contributed by atoms with van der Waals surface area (Å²) in [6.45, 7) is 14.7. The third-order valence-electron chi connectivity index (χ3n) is 11.6. The predicted octanol–water partition coefficient (Wildman–Crippen LogP) is 2.80. The molecule has 0 spiro atoms. The van der Waals surface area contributed by atoms with E-state index in [0.29, 0.717) is 19.4 Å². The molecule has 0 amide bonds. The lowest BCUT2D eigenvalue weighted by Crippen LogP contribution is -2.59. The van der Waals surface area contributed by atoms with Crippen LogP contribution in [-0.4, -0.2) is 146 Å². The number of aliphatic hydroxyl groups excluding tert-OH is 2. The first-order chi connectivity index (χ1) is 22.0. The highest BCUT2D eigenvalue weighted by molar-refractivity contribution is 6.04. The van der Waals surface area contributed by atoms with Crippen molar-refractivity contribution in [2.45, 2.75) is 128 Å². The summed E-state index contributed by atoms with van der Waals surface area (Å²) >= 11 is 0. The van der Waals surface area contributed by atoms with Gasteiger partial charge >= 0.3 is 5.97 Å². The Morgan fingerprint density at radius 3 is 2.28 bits per heavy atom. The van der Waals surface area contributed by atoms with Crippen molar-refractivity contribution in [1.29, 1.82) is 0 Å². The molecule has 4 aliphatic rings. The van der Waals surface area contributed by atoms with E-state index in [1.54, 1.807) is 27.9 Å². The number of aliphatic hydroxyl groups is 2. The van der Waals surface area contributed by atoms with Crippen LogP contribution in [0.5, 0.6) is 0 Å². The molecule has 0 aromatic heterocycles. The fourth-order valence-corrected chi connectivity index (χ4v) is 8.38. The molecule has 47 heavy (non-hydrogen) atoms. The molecule has 0 aromatic rings. The number of hydrogen-bond acceptors (Lipinski definition) is 11. The standard InChI is InChI=1S/C36H65N3O8/c1-22-18-36(6,44-10)32(47-33-30(41)27(37(7)8)17-23(2)46-33)24(3)31(42)35(4,5)34(43)45-21-28(38(9)19-22)29(40)26-13-15-39(16-14-26)20-25-11-12-25/h22-30,32-33,40-41H,11-21H2,1-10H3/t22-,23-,24+,27+,28-,29-,30-,32-,33+,36-/m1/s1. The number of Topliss-reactive ketones (excluding diaryl/α,β-unsaturated/α-hetero) is 1. The Morgan fingerprint density at radius 1 is 1.06 bits per heavy atom. The number of likely N-dealkylation sites (N-methyl/N-ethyl adjacent to an activating group) is 2. The van der Waals surface area contributed by atoms with Crippen LogP contribution < -0.4 is 0 Å². The van der Waals surface area contributed by atoms with Gasteiger partial charge in [-0.25, -0.2) is 0 Å². The lowest BCUT2D eigenvalue weighted by molar-refractivity contribution is -0.295. The van der Waals surface area contributed by atoms with Crippen molar-refractivity contribution in [3.63, 3.8) is 0 Å². The van der Waals surface area contributed by atoms with Gasteiger partial charge in [-0.2, -0.15) is 0 Å². The number of likely N-dealkylation sites (tertiary alicyclic amines) is 1. The molecule has 2 N–H and O–H groups in total. The van der Waals surface area contributed by atoms with E-state index in [1.807, 2.05) is 39.9 Å². The lowest BCUT2D eigenvalue weighted by Gasteiger charge is -2.47. The fraction of sp³-hybridized carbons (Fsp3) is 0.944. The minimum atomic E-state index is -1.48. The average Bonchev–Trinajstić information content (AvgIpc) is 3.83. The van der Waals surface area contributed by atoms with E-state index < -0.39 is 53.5 Å². The molecule has 4 rings (SSSR count). The Balaban J connectivity index is 1.59. The zero-order valence-corrected chi connectivity index (χ0v) is 30.8. The molecule has 0 unspecified atom stereocenters. The van der Waals surface area contributed by atoms with Gasteiger partial charge in [0.2, 0.25) is 0 Å². The summed E-state index contributed by atoms with van der Waals surface area (Å²) in [5.74, 6) is -0.744. The number of ether oxygens (including phenoxy) is 4. The second-order valence-corrected chi connectivity index (χ2v) is 16.4. The molecule has 1 aliphatic carbocycles. The fourth-order valence-electron chi connectivity index (χ4n) is 8.38. The highest BCUT2D eigenvalue weighted by Gasteiger charge is 2.52. The van der Waals surface area contributed by atoms with Crippen LogP contribution >= 0.6 is 0 Å². The van der Waals surface area contributed by atoms with E-state index in [1.165, 1.54) is 12.8 Å². The zero-order valence-electron chi connectivity index (χ0n) is 30.8. The number of methoxy groups -OCH3 is 1. The molecular weight excluding hydrogens is 602 g/mol. The Morgan fingerprint density at radius 2 is 1.70 bits per heavy atom. The van der Waals surface area contributed by atoms with Crippen LogP contribution in [0.25, 0.3) is 0 Å². The smallest absolute Gasteiger partial charge is 0.319 e. The number of cyclic esters (lactones) is 1. The molecule has 10 atom stereocenters. The van der Waals surface area contributed by atoms with Gasteiger partial charge in [-0.1, -0.05) is 13.8 Å². The first-order valence-corrected chi connectivity index (χ1v) is 18.0. The summed E-state index contributed by atoms with van der Waals surface area (Å²) < 4.78 is 24.9. The van der Waals surface area contributed by atoms with Crippen LogP contribution in [0, 0.1) is 29.1 Å². The van der Waals surface area contributed by atoms with Crippen LogP contribution in [0.1, 0.15) is 80.1 Å². The highest BCUT2D eigenvalue weighted by atomic mass is 16.7. The quantitative estimate of drug-likeness (QED) is 0.294. The third-order valence-corrected chi connectivity index (χ3v) is 11.6. The second kappa shape index (κ2) is 15.8. The number of ketones is 1. The van der Waals surface area contributed by atoms with Crippen LogP contribution in [0.2, 0.25) is 0 Å². The van der Waals surface area contributed by atoms with Gasteiger partial charge in [0.05, 0.1) is 30.0 Å². The molecule has 4 fully saturated rings. The molecule has 272 valence electrons. The molecule has 0 aromatic carbocycles. The maximum Gasteiger partial charge on any atom is 0.319 e. The maximum atomic E-state index is 14.3. The number of esters is 1. The van der Waals surface area contributed by atoms with E-state index in [4.69, 9.17) is 18.9 Å². The summed E-state index contributed by atoms with van der Waals surface area (Å²) in [4.78, 5) is 34.6. The number of carbonyl (C=O) groups is 2. The van der Waals surface area contributed by atoms with Crippen molar-refractivity contribution in [3.8, 4) is 0 Å². The summed E-state index contributed by atoms with van der Waals surface area (Å²) in [7, 11) is 7.43. The average molecular weight is 668 g/mol. The molecule has 3 heterocycles. The lowest BCUT2D eigenvalue weighted by atomic mass is 9.74. The van der Waals surface area contributed by atoms with Gasteiger partial charge in [-0.05, 0) is 118 Å². The number of rotatable bonds is 8. The molecule has 1 saturated carbocycles. The topological polar surface area (TPSA) is 121 Å². The van der Waals surface area contributed by atoms with Crippen LogP contribution in [0.4, 0.5) is 0 Å². The van der Waals surface area contributed by atoms with Gasteiger partial charge < -0.3 is 39.0 Å². The van der Waals surface area contributed by atoms with Gasteiger partial charge in [-0.15, -0.1) is 0 Å². The molecule has 3 aliphatic heterocycles. The number of carbonyl (C=O) groups excluding carboxylic acids is 2. The van der Waals surface area contributed by atoms with E-state index in [9.17, 15) is 19.8 Å². The van der Waals surface area contributed by atoms with Crippen molar-refractivity contribution >= 4 is 11.8 Å². The van der Waals surface area contributed by atoms with Crippen LogP contribution in [-0.2, 0) is 28.5 Å². The van der Waals surface area contributed by atoms with Gasteiger partial charge in [0.15, 0.2) is 12.1 Å². The first kappa shape index (κ1) is 38.6. The van der Waals surface area contributed by atoms with Crippen molar-refractivity contribution in [2.75, 3.05) is 61.0 Å². The summed E-state index contributed by atoms with van der Waals surface area (Å²) in [6.07, 6.45) is 2.04. The Bertz CT molecular complexity index is 1050. The molecular formula is C36H65N3O8. The van der Waals surface area contributed by atoms with Gasteiger partial charge in [-0.3, -0.25) is 14.5 Å². The number of piperidine rings is 1. The van der Waals surface area contributed by atoms with Crippen molar-refractivity contribution in [2.24, 2.45) is 29.1 Å². The summed E-state index contributed by atoms with van der Waals surface area (Å²) in [5, 5.41) is 23.1. The zero-order chi connectivity index (χ0) is 34.8. The minimum Gasteiger partial charge on any atom is -0.463 e. The van der Waals surface area contributed by atoms with Crippen molar-refractivity contribution < 1.29 is 38.7 Å². The Hall–Kier alpha value is -1.18. The SMILES string of the molecule is CO[C@]1(C)C[C@@H](C)CN(C)[C@@H]([C@H](O)C2CCN(CC3CC3)CC2)COC(=O)C(C)(C)C(=O)[C@H](C)[C@H]1O[C@@H]1O[C@H](C)C[C@H](N(C)C)[C@H]1O. The minimum absolute atomic E-state index is 0.00396. The van der Waals surface area contributed by atoms with Crippen molar-refractivity contribution in [1.82, 2.24) is 14.7 Å². The normalized spacial score (nSPS) is 39.9. The van der Waals surface area contributed by atoms with Gasteiger partial charge in [0, 0.05) is 32.2 Å². The monoisotopic (exact) mass is 667 g/mol. The number of hydrogen-bond donors (Lipinski definition) is 2. The second-order valence-electron chi connectivity index (χ2n) is 16.4. The van der Waals surface area contributed by atoms with Crippen LogP contribution in [0.15, 0.2) is 0 Å². The Labute approximate surface area is 283 Å². The molecule has 11 heteroatoms. The largest absolute Gasteiger partial charge is 0.463 e. The first-order valence-electron chi connectivity index (χ1n) is 18.0. The highest BCUT2D eigenvalue weighted by Crippen LogP contribution is 2.39. The summed E-state index contributed by atoms with van der Waals surface area (Å²) in [5.41, 5.74) is -2.45. The van der Waals surface area contributed by atoms with Gasteiger partial charge in [0.1, 0.15) is 18.1 Å².